The summed E-state index contributed by atoms with van der Waals surface area (Å²) in [4.78, 5) is 0. The Kier molecular flexibility index (Phi) is 7.93. The average Bonchev–Trinajstić information content (AvgIpc) is 3.09. The van der Waals surface area contributed by atoms with Crippen molar-refractivity contribution in [3.05, 3.63) is 96.6 Å². The summed E-state index contributed by atoms with van der Waals surface area (Å²) in [6.07, 6.45) is 0. The van der Waals surface area contributed by atoms with Crippen LogP contribution in [0.1, 0.15) is 5.56 Å². The fraction of sp³-hybridized carbons (Fsp3) is 0. The van der Waals surface area contributed by atoms with E-state index in [1.165, 1.54) is 0 Å². The number of benzene rings is 3. The van der Waals surface area contributed by atoms with Crippen molar-refractivity contribution < 1.29 is 0 Å². The summed E-state index contributed by atoms with van der Waals surface area (Å²) >= 11 is 0. The SMILES string of the molecule is Cl.Cl.N.c1ccc(C2=NN(c3ccccc3)N(c3ccccc3)N2)cc1. The Labute approximate surface area is 165 Å². The zero-order chi connectivity index (χ0) is 15.5. The third-order valence-corrected chi connectivity index (χ3v) is 3.63. The first kappa shape index (κ1) is 21.3. The predicted molar refractivity (Wildman–Crippen MR) is 113 cm³/mol. The zero-order valence-electron chi connectivity index (χ0n) is 14.0. The molecule has 0 spiro atoms. The molecule has 5 nitrogen and oxygen atoms in total. The molecule has 0 fully saturated rings. The monoisotopic (exact) mass is 389 g/mol. The molecule has 1 aliphatic heterocycles. The van der Waals surface area contributed by atoms with E-state index in [-0.39, 0.29) is 31.0 Å². The molecule has 3 aromatic rings. The molecule has 4 N–H and O–H groups in total. The van der Waals surface area contributed by atoms with Gasteiger partial charge in [0.1, 0.15) is 0 Å². The van der Waals surface area contributed by atoms with Crippen LogP contribution in [0.2, 0.25) is 0 Å². The molecule has 0 atom stereocenters. The highest BCUT2D eigenvalue weighted by Crippen LogP contribution is 2.25. The first-order valence-corrected chi connectivity index (χ1v) is 7.53. The quantitative estimate of drug-likeness (QED) is 0.674. The van der Waals surface area contributed by atoms with Gasteiger partial charge >= 0.3 is 0 Å². The minimum Gasteiger partial charge on any atom is -0.344 e. The molecule has 0 unspecified atom stereocenters. The number of nitrogens with zero attached hydrogens (tertiary/aromatic N) is 3. The van der Waals surface area contributed by atoms with Crippen LogP contribution in [0.15, 0.2) is 96.1 Å². The van der Waals surface area contributed by atoms with E-state index in [1.807, 2.05) is 101 Å². The van der Waals surface area contributed by atoms with Crippen LogP contribution in [0.25, 0.3) is 0 Å². The molecule has 3 aromatic carbocycles. The number of para-hydroxylation sites is 2. The molecular weight excluding hydrogens is 369 g/mol. The number of nitrogens with one attached hydrogen (secondary N) is 1. The number of halogens is 2. The van der Waals surface area contributed by atoms with Crippen molar-refractivity contribution in [1.82, 2.24) is 11.6 Å². The van der Waals surface area contributed by atoms with E-state index >= 15 is 0 Å². The van der Waals surface area contributed by atoms with Crippen molar-refractivity contribution in [2.24, 2.45) is 5.10 Å². The lowest BCUT2D eigenvalue weighted by atomic mass is 10.2. The average molecular weight is 390 g/mol. The van der Waals surface area contributed by atoms with Gasteiger partial charge in [0, 0.05) is 5.56 Å². The molecule has 1 aliphatic rings. The van der Waals surface area contributed by atoms with E-state index in [0.29, 0.717) is 0 Å². The summed E-state index contributed by atoms with van der Waals surface area (Å²) in [6.45, 7) is 0. The second-order valence-corrected chi connectivity index (χ2v) is 5.20. The largest absolute Gasteiger partial charge is 0.344 e. The van der Waals surface area contributed by atoms with Gasteiger partial charge in [0.15, 0.2) is 5.84 Å². The van der Waals surface area contributed by atoms with Crippen LogP contribution in [-0.2, 0) is 0 Å². The second kappa shape index (κ2) is 9.68. The third-order valence-electron chi connectivity index (χ3n) is 3.63. The van der Waals surface area contributed by atoms with Crippen LogP contribution in [0, 0.1) is 0 Å². The van der Waals surface area contributed by atoms with Crippen molar-refractivity contribution in [3.8, 4) is 0 Å². The first-order chi connectivity index (χ1) is 11.4. The Morgan fingerprint density at radius 2 is 1.08 bits per heavy atom. The molecule has 0 aliphatic carbocycles. The molecule has 0 bridgehead atoms. The summed E-state index contributed by atoms with van der Waals surface area (Å²) in [5.74, 6) is 0.818. The molecular formula is C19H21Cl2N5. The number of anilines is 2. The Morgan fingerprint density at radius 1 is 0.615 bits per heavy atom. The van der Waals surface area contributed by atoms with Gasteiger partial charge in [-0.3, -0.25) is 5.43 Å². The van der Waals surface area contributed by atoms with E-state index in [2.05, 4.69) is 5.43 Å². The number of amidine groups is 1. The van der Waals surface area contributed by atoms with Crippen molar-refractivity contribution in [3.63, 3.8) is 0 Å². The van der Waals surface area contributed by atoms with Crippen molar-refractivity contribution in [2.45, 2.75) is 0 Å². The number of hydrazine groups is 2. The third kappa shape index (κ3) is 4.26. The number of hydrogen-bond acceptors (Lipinski definition) is 5. The van der Waals surface area contributed by atoms with Crippen molar-refractivity contribution in [2.75, 3.05) is 10.2 Å². The Balaban J connectivity index is 0.00000113. The maximum absolute atomic E-state index is 4.75. The molecule has 0 aromatic heterocycles. The van der Waals surface area contributed by atoms with E-state index < -0.39 is 0 Å². The lowest BCUT2D eigenvalue weighted by Gasteiger charge is -2.27. The molecule has 0 radical (unpaired) electrons. The predicted octanol–water partition coefficient (Wildman–Crippen LogP) is 4.80. The minimum atomic E-state index is 0. The smallest absolute Gasteiger partial charge is 0.176 e. The molecule has 136 valence electrons. The van der Waals surface area contributed by atoms with E-state index in [4.69, 9.17) is 5.10 Å². The van der Waals surface area contributed by atoms with E-state index in [9.17, 15) is 0 Å². The molecule has 7 heteroatoms. The van der Waals surface area contributed by atoms with Gasteiger partial charge in [0.2, 0.25) is 0 Å². The summed E-state index contributed by atoms with van der Waals surface area (Å²) in [6, 6.07) is 30.3. The summed E-state index contributed by atoms with van der Waals surface area (Å²) in [5.41, 5.74) is 6.44. The standard InChI is InChI=1S/C19H16N4.2ClH.H3N/c1-4-10-16(11-5-1)19-20-22(17-12-6-2-7-13-17)23(21-19)18-14-8-3-9-15-18;;;/h1-15H,(H,20,21);2*1H;1H3. The topological polar surface area (TPSA) is 65.9 Å². The van der Waals surface area contributed by atoms with E-state index in [1.54, 1.807) is 0 Å². The summed E-state index contributed by atoms with van der Waals surface area (Å²) in [5, 5.41) is 8.57. The van der Waals surface area contributed by atoms with Gasteiger partial charge in [-0.05, 0) is 24.3 Å². The van der Waals surface area contributed by atoms with Crippen LogP contribution in [0.3, 0.4) is 0 Å². The van der Waals surface area contributed by atoms with E-state index in [0.717, 1.165) is 22.8 Å². The maximum atomic E-state index is 4.75. The molecule has 26 heavy (non-hydrogen) atoms. The first-order valence-electron chi connectivity index (χ1n) is 7.53. The lowest BCUT2D eigenvalue weighted by molar-refractivity contribution is 0.771. The number of hydrazone groups is 1. The molecule has 1 heterocycles. The lowest BCUT2D eigenvalue weighted by Crippen LogP contribution is -2.44. The Morgan fingerprint density at radius 3 is 1.62 bits per heavy atom. The van der Waals surface area contributed by atoms with Crippen LogP contribution in [-0.4, -0.2) is 5.84 Å². The van der Waals surface area contributed by atoms with Crippen molar-refractivity contribution in [1.29, 1.82) is 0 Å². The normalized spacial score (nSPS) is 12.1. The Hall–Kier alpha value is -2.73. The highest BCUT2D eigenvalue weighted by atomic mass is 35.5. The summed E-state index contributed by atoms with van der Waals surface area (Å²) in [7, 11) is 0. The number of hydrogen-bond donors (Lipinski definition) is 2. The van der Waals surface area contributed by atoms with Gasteiger partial charge in [-0.2, -0.15) is 10.2 Å². The molecule has 0 saturated heterocycles. The molecule has 0 saturated carbocycles. The minimum absolute atomic E-state index is 0. The van der Waals surface area contributed by atoms with Gasteiger partial charge < -0.3 is 6.15 Å². The maximum Gasteiger partial charge on any atom is 0.176 e. The fourth-order valence-corrected chi connectivity index (χ4v) is 2.51. The van der Waals surface area contributed by atoms with Gasteiger partial charge in [-0.1, -0.05) is 66.7 Å². The van der Waals surface area contributed by atoms with Gasteiger partial charge in [0.05, 0.1) is 11.4 Å². The fourth-order valence-electron chi connectivity index (χ4n) is 2.51. The number of rotatable bonds is 3. The van der Waals surface area contributed by atoms with Gasteiger partial charge in [0.25, 0.3) is 0 Å². The molecule has 4 rings (SSSR count). The van der Waals surface area contributed by atoms with Gasteiger partial charge in [-0.25, -0.2) is 0 Å². The highest BCUT2D eigenvalue weighted by Gasteiger charge is 2.25. The summed E-state index contributed by atoms with van der Waals surface area (Å²) < 4.78 is 0. The van der Waals surface area contributed by atoms with Crippen LogP contribution < -0.4 is 21.8 Å². The zero-order valence-corrected chi connectivity index (χ0v) is 15.7. The van der Waals surface area contributed by atoms with Crippen molar-refractivity contribution >= 4 is 42.0 Å². The second-order valence-electron chi connectivity index (χ2n) is 5.20. The van der Waals surface area contributed by atoms with Gasteiger partial charge in [-0.15, -0.1) is 29.9 Å². The van der Waals surface area contributed by atoms with Crippen LogP contribution in [0.4, 0.5) is 11.4 Å². The van der Waals surface area contributed by atoms with Crippen LogP contribution >= 0.6 is 24.8 Å². The molecule has 0 amide bonds. The Bertz CT molecular complexity index is 813. The van der Waals surface area contributed by atoms with Crippen LogP contribution in [0.5, 0.6) is 0 Å². The highest BCUT2D eigenvalue weighted by molar-refractivity contribution is 6.02.